The first-order valence-corrected chi connectivity index (χ1v) is 8.56. The maximum Gasteiger partial charge on any atom is 0.243 e. The molecule has 0 saturated heterocycles. The van der Waals surface area contributed by atoms with Gasteiger partial charge in [0.15, 0.2) is 5.96 Å². The number of nitrogens with zero attached hydrogens (tertiary/aromatic N) is 1. The Labute approximate surface area is 176 Å². The Bertz CT molecular complexity index is 735. The molecule has 0 unspecified atom stereocenters. The molecule has 0 aliphatic carbocycles. The predicted molar refractivity (Wildman–Crippen MR) is 120 cm³/mol. The van der Waals surface area contributed by atoms with E-state index >= 15 is 0 Å². The van der Waals surface area contributed by atoms with E-state index in [9.17, 15) is 4.79 Å². The fourth-order valence-corrected chi connectivity index (χ4v) is 2.37. The molecular weight excluding hydrogens is 463 g/mol. The highest BCUT2D eigenvalue weighted by molar-refractivity contribution is 14.0. The summed E-state index contributed by atoms with van der Waals surface area (Å²) < 4.78 is 0. The second-order valence-corrected chi connectivity index (χ2v) is 5.94. The molecule has 0 bridgehead atoms. The van der Waals surface area contributed by atoms with Gasteiger partial charge in [-0.1, -0.05) is 42.8 Å². The van der Waals surface area contributed by atoms with Gasteiger partial charge in [-0.05, 0) is 41.8 Å². The molecule has 0 aliphatic rings. The van der Waals surface area contributed by atoms with Crippen molar-refractivity contribution in [2.24, 2.45) is 4.99 Å². The van der Waals surface area contributed by atoms with Crippen molar-refractivity contribution in [2.45, 2.75) is 19.9 Å². The van der Waals surface area contributed by atoms with Gasteiger partial charge in [-0.3, -0.25) is 9.79 Å². The van der Waals surface area contributed by atoms with Gasteiger partial charge in [0.05, 0.1) is 6.54 Å². The number of nitrogens with one attached hydrogen (secondary N) is 3. The van der Waals surface area contributed by atoms with E-state index in [-0.39, 0.29) is 36.4 Å². The van der Waals surface area contributed by atoms with Crippen molar-refractivity contribution in [3.8, 4) is 0 Å². The van der Waals surface area contributed by atoms with Gasteiger partial charge in [-0.2, -0.15) is 0 Å². The zero-order chi connectivity index (χ0) is 18.1. The summed E-state index contributed by atoms with van der Waals surface area (Å²) >= 11 is 5.87. The van der Waals surface area contributed by atoms with E-state index in [1.54, 1.807) is 7.05 Å². The number of benzene rings is 2. The molecular formula is C19H24ClIN4O. The maximum absolute atomic E-state index is 12.1. The smallest absolute Gasteiger partial charge is 0.243 e. The van der Waals surface area contributed by atoms with Gasteiger partial charge < -0.3 is 16.0 Å². The van der Waals surface area contributed by atoms with Gasteiger partial charge in [0.2, 0.25) is 5.91 Å². The summed E-state index contributed by atoms with van der Waals surface area (Å²) in [5, 5.41) is 9.74. The first kappa shape index (κ1) is 22.2. The van der Waals surface area contributed by atoms with E-state index in [4.69, 9.17) is 11.6 Å². The van der Waals surface area contributed by atoms with Crippen LogP contribution < -0.4 is 16.0 Å². The van der Waals surface area contributed by atoms with Gasteiger partial charge in [-0.25, -0.2) is 0 Å². The number of carbonyl (C=O) groups excluding carboxylic acids is 1. The Kier molecular flexibility index (Phi) is 10.0. The van der Waals surface area contributed by atoms with Crippen LogP contribution in [-0.4, -0.2) is 25.5 Å². The summed E-state index contributed by atoms with van der Waals surface area (Å²) in [5.41, 5.74) is 3.06. The van der Waals surface area contributed by atoms with Crippen LogP contribution >= 0.6 is 35.6 Å². The van der Waals surface area contributed by atoms with E-state index < -0.39 is 0 Å². The molecule has 0 radical (unpaired) electrons. The third kappa shape index (κ3) is 7.61. The van der Waals surface area contributed by atoms with E-state index in [2.05, 4.69) is 27.9 Å². The highest BCUT2D eigenvalue weighted by atomic mass is 127. The molecule has 5 nitrogen and oxygen atoms in total. The third-order valence-corrected chi connectivity index (χ3v) is 3.88. The molecule has 140 valence electrons. The van der Waals surface area contributed by atoms with Crippen LogP contribution in [0.4, 0.5) is 5.69 Å². The van der Waals surface area contributed by atoms with Crippen molar-refractivity contribution in [2.75, 3.05) is 18.9 Å². The van der Waals surface area contributed by atoms with Crippen LogP contribution in [0.25, 0.3) is 0 Å². The number of halogens is 2. The van der Waals surface area contributed by atoms with Crippen molar-refractivity contribution in [3.63, 3.8) is 0 Å². The minimum Gasteiger partial charge on any atom is -0.352 e. The van der Waals surface area contributed by atoms with Gasteiger partial charge in [-0.15, -0.1) is 24.0 Å². The molecule has 0 atom stereocenters. The SMILES string of the molecule is CCc1cccc(NC(=O)CNC(=NC)NCc2ccc(Cl)cc2)c1.I. The standard InChI is InChI=1S/C19H23ClN4O.HI/c1-3-14-5-4-6-17(11-14)24-18(25)13-23-19(21-2)22-12-15-7-9-16(20)10-8-15;/h4-11H,3,12-13H2,1-2H3,(H,24,25)(H2,21,22,23);1H. The lowest BCUT2D eigenvalue weighted by Gasteiger charge is -2.12. The Morgan fingerprint density at radius 3 is 2.46 bits per heavy atom. The molecule has 2 rings (SSSR count). The van der Waals surface area contributed by atoms with Crippen LogP contribution in [0.5, 0.6) is 0 Å². The molecule has 0 fully saturated rings. The largest absolute Gasteiger partial charge is 0.352 e. The number of guanidine groups is 1. The summed E-state index contributed by atoms with van der Waals surface area (Å²) in [6, 6.07) is 15.4. The number of hydrogen-bond donors (Lipinski definition) is 3. The molecule has 0 aliphatic heterocycles. The number of aliphatic imine (C=N–C) groups is 1. The quantitative estimate of drug-likeness (QED) is 0.330. The number of anilines is 1. The molecule has 2 aromatic rings. The number of hydrogen-bond acceptors (Lipinski definition) is 2. The van der Waals surface area contributed by atoms with E-state index in [0.717, 1.165) is 17.7 Å². The Balaban J connectivity index is 0.00000338. The van der Waals surface area contributed by atoms with Gasteiger partial charge in [0.1, 0.15) is 0 Å². The van der Waals surface area contributed by atoms with Gasteiger partial charge >= 0.3 is 0 Å². The van der Waals surface area contributed by atoms with Crippen LogP contribution in [-0.2, 0) is 17.8 Å². The molecule has 0 heterocycles. The predicted octanol–water partition coefficient (Wildman–Crippen LogP) is 3.82. The average molecular weight is 487 g/mol. The fourth-order valence-electron chi connectivity index (χ4n) is 2.25. The van der Waals surface area contributed by atoms with Gasteiger partial charge in [0.25, 0.3) is 0 Å². The average Bonchev–Trinajstić information content (AvgIpc) is 2.63. The van der Waals surface area contributed by atoms with Crippen LogP contribution in [0.2, 0.25) is 5.02 Å². The number of carbonyl (C=O) groups is 1. The first-order valence-electron chi connectivity index (χ1n) is 8.18. The number of aryl methyl sites for hydroxylation is 1. The van der Waals surface area contributed by atoms with E-state index in [1.807, 2.05) is 48.5 Å². The topological polar surface area (TPSA) is 65.5 Å². The molecule has 0 aromatic heterocycles. The maximum atomic E-state index is 12.1. The van der Waals surface area contributed by atoms with Crippen LogP contribution in [0.1, 0.15) is 18.1 Å². The third-order valence-electron chi connectivity index (χ3n) is 3.63. The van der Waals surface area contributed by atoms with Crippen LogP contribution in [0.15, 0.2) is 53.5 Å². The first-order chi connectivity index (χ1) is 12.1. The molecule has 26 heavy (non-hydrogen) atoms. The Morgan fingerprint density at radius 1 is 1.08 bits per heavy atom. The zero-order valence-corrected chi connectivity index (χ0v) is 18.0. The second-order valence-electron chi connectivity index (χ2n) is 5.51. The Morgan fingerprint density at radius 2 is 1.81 bits per heavy atom. The molecule has 2 aromatic carbocycles. The lowest BCUT2D eigenvalue weighted by atomic mass is 10.1. The minimum absolute atomic E-state index is 0. The summed E-state index contributed by atoms with van der Waals surface area (Å²) in [7, 11) is 1.67. The highest BCUT2D eigenvalue weighted by Gasteiger charge is 2.05. The molecule has 0 saturated carbocycles. The normalized spacial score (nSPS) is 10.7. The van der Waals surface area contributed by atoms with Crippen molar-refractivity contribution in [3.05, 3.63) is 64.7 Å². The molecule has 3 N–H and O–H groups in total. The summed E-state index contributed by atoms with van der Waals surface area (Å²) in [6.45, 7) is 2.81. The van der Waals surface area contributed by atoms with Crippen LogP contribution in [0.3, 0.4) is 0 Å². The highest BCUT2D eigenvalue weighted by Crippen LogP contribution is 2.11. The summed E-state index contributed by atoms with van der Waals surface area (Å²) in [6.07, 6.45) is 0.934. The zero-order valence-electron chi connectivity index (χ0n) is 14.9. The molecule has 0 spiro atoms. The van der Waals surface area contributed by atoms with E-state index in [0.29, 0.717) is 17.5 Å². The monoisotopic (exact) mass is 486 g/mol. The van der Waals surface area contributed by atoms with Crippen molar-refractivity contribution in [1.82, 2.24) is 10.6 Å². The summed E-state index contributed by atoms with van der Waals surface area (Å²) in [5.74, 6) is 0.440. The van der Waals surface area contributed by atoms with E-state index in [1.165, 1.54) is 5.56 Å². The Hall–Kier alpha value is -1.80. The van der Waals surface area contributed by atoms with Crippen molar-refractivity contribution in [1.29, 1.82) is 0 Å². The minimum atomic E-state index is -0.123. The molecule has 7 heteroatoms. The second kappa shape index (κ2) is 11.7. The van der Waals surface area contributed by atoms with Crippen molar-refractivity contribution >= 4 is 53.1 Å². The fraction of sp³-hybridized carbons (Fsp3) is 0.263. The number of rotatable bonds is 6. The van der Waals surface area contributed by atoms with Crippen molar-refractivity contribution < 1.29 is 4.79 Å². The van der Waals surface area contributed by atoms with Crippen LogP contribution in [0, 0.1) is 0 Å². The van der Waals surface area contributed by atoms with Gasteiger partial charge in [0, 0.05) is 24.3 Å². The lowest BCUT2D eigenvalue weighted by Crippen LogP contribution is -2.41. The number of amides is 1. The lowest BCUT2D eigenvalue weighted by molar-refractivity contribution is -0.115. The summed E-state index contributed by atoms with van der Waals surface area (Å²) in [4.78, 5) is 16.2. The molecule has 1 amide bonds.